The van der Waals surface area contributed by atoms with Crippen LogP contribution in [-0.4, -0.2) is 16.6 Å². The van der Waals surface area contributed by atoms with Gasteiger partial charge in [-0.15, -0.1) is 11.3 Å². The summed E-state index contributed by atoms with van der Waals surface area (Å²) in [7, 11) is 1.93. The topological polar surface area (TPSA) is 29.9 Å². The average Bonchev–Trinajstić information content (AvgIpc) is 2.78. The van der Waals surface area contributed by atoms with Crippen molar-refractivity contribution in [1.29, 1.82) is 0 Å². The number of nitrogens with zero attached hydrogens (tertiary/aromatic N) is 2. The highest BCUT2D eigenvalue weighted by atomic mass is 79.9. The van der Waals surface area contributed by atoms with Crippen LogP contribution in [0.25, 0.3) is 0 Å². The molecule has 2 aromatic heterocycles. The first-order valence-corrected chi connectivity index (χ1v) is 6.28. The standard InChI is InChI=1S/C10H12BrN3S/c1-12-4-8-5-14(7-13-8)6-9-2-3-10(11)15-9/h2-3,5,7,12H,4,6H2,1H3. The Kier molecular flexibility index (Phi) is 3.56. The molecule has 15 heavy (non-hydrogen) atoms. The van der Waals surface area contributed by atoms with E-state index in [9.17, 15) is 0 Å². The highest BCUT2D eigenvalue weighted by Gasteiger charge is 2.01. The summed E-state index contributed by atoms with van der Waals surface area (Å²) in [6.45, 7) is 1.72. The number of thiophene rings is 1. The molecule has 0 amide bonds. The molecule has 2 heterocycles. The fourth-order valence-corrected chi connectivity index (χ4v) is 2.87. The fraction of sp³-hybridized carbons (Fsp3) is 0.300. The van der Waals surface area contributed by atoms with Crippen LogP contribution < -0.4 is 5.32 Å². The van der Waals surface area contributed by atoms with Gasteiger partial charge in [0, 0.05) is 17.6 Å². The Balaban J connectivity index is 2.04. The normalized spacial score (nSPS) is 10.8. The highest BCUT2D eigenvalue weighted by Crippen LogP contribution is 2.22. The molecule has 3 nitrogen and oxygen atoms in total. The molecule has 2 aromatic rings. The molecule has 5 heteroatoms. The highest BCUT2D eigenvalue weighted by molar-refractivity contribution is 9.11. The zero-order valence-electron chi connectivity index (χ0n) is 8.40. The van der Waals surface area contributed by atoms with E-state index in [-0.39, 0.29) is 0 Å². The number of hydrogen-bond acceptors (Lipinski definition) is 3. The van der Waals surface area contributed by atoms with Gasteiger partial charge in [-0.3, -0.25) is 0 Å². The Morgan fingerprint density at radius 1 is 1.53 bits per heavy atom. The molecule has 0 unspecified atom stereocenters. The van der Waals surface area contributed by atoms with E-state index in [0.29, 0.717) is 0 Å². The lowest BCUT2D eigenvalue weighted by Crippen LogP contribution is -2.05. The van der Waals surface area contributed by atoms with E-state index in [1.54, 1.807) is 11.3 Å². The van der Waals surface area contributed by atoms with Crippen LogP contribution in [0.3, 0.4) is 0 Å². The van der Waals surface area contributed by atoms with Gasteiger partial charge < -0.3 is 9.88 Å². The van der Waals surface area contributed by atoms with Crippen molar-refractivity contribution in [3.05, 3.63) is 39.0 Å². The summed E-state index contributed by atoms with van der Waals surface area (Å²) in [4.78, 5) is 5.63. The third-order valence-corrected chi connectivity index (χ3v) is 3.62. The molecule has 0 aromatic carbocycles. The Morgan fingerprint density at radius 2 is 2.40 bits per heavy atom. The maximum atomic E-state index is 4.30. The molecule has 0 aliphatic carbocycles. The monoisotopic (exact) mass is 285 g/mol. The van der Waals surface area contributed by atoms with E-state index in [1.165, 1.54) is 8.66 Å². The van der Waals surface area contributed by atoms with Crippen molar-refractivity contribution in [3.63, 3.8) is 0 Å². The van der Waals surface area contributed by atoms with Gasteiger partial charge in [0.15, 0.2) is 0 Å². The second-order valence-corrected chi connectivity index (χ2v) is 5.82. The van der Waals surface area contributed by atoms with Crippen LogP contribution in [0.1, 0.15) is 10.6 Å². The van der Waals surface area contributed by atoms with E-state index in [1.807, 2.05) is 13.4 Å². The van der Waals surface area contributed by atoms with Crippen molar-refractivity contribution in [2.45, 2.75) is 13.1 Å². The molecule has 80 valence electrons. The van der Waals surface area contributed by atoms with Crippen molar-refractivity contribution < 1.29 is 0 Å². The average molecular weight is 286 g/mol. The predicted molar refractivity (Wildman–Crippen MR) is 66.1 cm³/mol. The lowest BCUT2D eigenvalue weighted by molar-refractivity contribution is 0.787. The number of nitrogens with one attached hydrogen (secondary N) is 1. The van der Waals surface area contributed by atoms with Crippen molar-refractivity contribution in [3.8, 4) is 0 Å². The van der Waals surface area contributed by atoms with Crippen molar-refractivity contribution in [1.82, 2.24) is 14.9 Å². The smallest absolute Gasteiger partial charge is 0.0953 e. The molecular weight excluding hydrogens is 274 g/mol. The molecule has 2 rings (SSSR count). The Hall–Kier alpha value is -0.650. The van der Waals surface area contributed by atoms with E-state index in [4.69, 9.17) is 0 Å². The summed E-state index contributed by atoms with van der Waals surface area (Å²) in [6, 6.07) is 4.21. The molecular formula is C10H12BrN3S. The van der Waals surface area contributed by atoms with Gasteiger partial charge >= 0.3 is 0 Å². The van der Waals surface area contributed by atoms with Crippen LogP contribution >= 0.6 is 27.3 Å². The Labute approximate surface area is 101 Å². The molecule has 0 atom stereocenters. The number of hydrogen-bond donors (Lipinski definition) is 1. The summed E-state index contributed by atoms with van der Waals surface area (Å²) >= 11 is 5.22. The molecule has 0 spiro atoms. The largest absolute Gasteiger partial charge is 0.332 e. The van der Waals surface area contributed by atoms with Crippen molar-refractivity contribution >= 4 is 27.3 Å². The van der Waals surface area contributed by atoms with Gasteiger partial charge in [-0.2, -0.15) is 0 Å². The van der Waals surface area contributed by atoms with Crippen LogP contribution in [0.4, 0.5) is 0 Å². The first-order chi connectivity index (χ1) is 7.28. The molecule has 1 N–H and O–H groups in total. The molecule has 0 saturated heterocycles. The van der Waals surface area contributed by atoms with Crippen LogP contribution in [0.2, 0.25) is 0 Å². The summed E-state index contributed by atoms with van der Waals surface area (Å²) in [5.41, 5.74) is 1.08. The van der Waals surface area contributed by atoms with Gasteiger partial charge in [0.2, 0.25) is 0 Å². The number of aromatic nitrogens is 2. The second kappa shape index (κ2) is 4.92. The minimum Gasteiger partial charge on any atom is -0.332 e. The fourth-order valence-electron chi connectivity index (χ4n) is 1.38. The number of rotatable bonds is 4. The van der Waals surface area contributed by atoms with Crippen molar-refractivity contribution in [2.75, 3.05) is 7.05 Å². The third-order valence-electron chi connectivity index (χ3n) is 2.01. The lowest BCUT2D eigenvalue weighted by Gasteiger charge is -1.97. The zero-order chi connectivity index (χ0) is 10.7. The Bertz CT molecular complexity index is 435. The minimum atomic E-state index is 0.821. The molecule has 0 radical (unpaired) electrons. The maximum Gasteiger partial charge on any atom is 0.0953 e. The van der Waals surface area contributed by atoms with Gasteiger partial charge in [0.05, 0.1) is 22.4 Å². The van der Waals surface area contributed by atoms with Crippen LogP contribution in [0.15, 0.2) is 28.4 Å². The van der Waals surface area contributed by atoms with Gasteiger partial charge in [-0.25, -0.2) is 4.98 Å². The zero-order valence-corrected chi connectivity index (χ0v) is 10.8. The first-order valence-electron chi connectivity index (χ1n) is 4.67. The van der Waals surface area contributed by atoms with Gasteiger partial charge in [-0.05, 0) is 35.1 Å². The summed E-state index contributed by atoms with van der Waals surface area (Å²) < 4.78 is 3.28. The summed E-state index contributed by atoms with van der Waals surface area (Å²) in [6.07, 6.45) is 3.95. The van der Waals surface area contributed by atoms with Gasteiger partial charge in [-0.1, -0.05) is 0 Å². The van der Waals surface area contributed by atoms with Crippen LogP contribution in [0, 0.1) is 0 Å². The first kappa shape index (κ1) is 10.9. The molecule has 0 bridgehead atoms. The van der Waals surface area contributed by atoms with Crippen molar-refractivity contribution in [2.24, 2.45) is 0 Å². The Morgan fingerprint density at radius 3 is 3.07 bits per heavy atom. The quantitative estimate of drug-likeness (QED) is 0.935. The van der Waals surface area contributed by atoms with E-state index < -0.39 is 0 Å². The maximum absolute atomic E-state index is 4.30. The number of imidazole rings is 1. The third kappa shape index (κ3) is 2.90. The molecule has 0 aliphatic rings. The molecule has 0 aliphatic heterocycles. The molecule has 0 saturated carbocycles. The minimum absolute atomic E-state index is 0.821. The molecule has 0 fully saturated rings. The summed E-state index contributed by atoms with van der Waals surface area (Å²) in [5, 5.41) is 3.08. The predicted octanol–water partition coefficient (Wildman–Crippen LogP) is 2.47. The number of halogens is 1. The van der Waals surface area contributed by atoms with Gasteiger partial charge in [0.1, 0.15) is 0 Å². The van der Waals surface area contributed by atoms with Crippen LogP contribution in [0.5, 0.6) is 0 Å². The van der Waals surface area contributed by atoms with E-state index >= 15 is 0 Å². The lowest BCUT2D eigenvalue weighted by atomic mass is 10.4. The van der Waals surface area contributed by atoms with E-state index in [0.717, 1.165) is 18.8 Å². The van der Waals surface area contributed by atoms with E-state index in [2.05, 4.69) is 49.1 Å². The van der Waals surface area contributed by atoms with Crippen LogP contribution in [-0.2, 0) is 13.1 Å². The summed E-state index contributed by atoms with van der Waals surface area (Å²) in [5.74, 6) is 0. The SMILES string of the molecule is CNCc1cn(Cc2ccc(Br)s2)cn1. The second-order valence-electron chi connectivity index (χ2n) is 3.27. The van der Waals surface area contributed by atoms with Gasteiger partial charge in [0.25, 0.3) is 0 Å².